The molecule has 0 saturated carbocycles. The summed E-state index contributed by atoms with van der Waals surface area (Å²) >= 11 is 0. The molecule has 0 bridgehead atoms. The van der Waals surface area contributed by atoms with Crippen molar-refractivity contribution in [3.05, 3.63) is 52.8 Å². The molecule has 1 saturated heterocycles. The van der Waals surface area contributed by atoms with Crippen molar-refractivity contribution in [3.8, 4) is 0 Å². The van der Waals surface area contributed by atoms with E-state index in [1.54, 1.807) is 0 Å². The highest BCUT2D eigenvalue weighted by atomic mass is 16.2. The maximum absolute atomic E-state index is 12.6. The smallest absolute Gasteiger partial charge is 0.274 e. The molecular formula is C20H28N4O. The average Bonchev–Trinajstić information content (AvgIpc) is 3.10. The molecule has 1 aliphatic heterocycles. The van der Waals surface area contributed by atoms with Crippen molar-refractivity contribution in [2.45, 2.75) is 39.7 Å². The number of H-pyrrole nitrogens is 1. The molecule has 1 atom stereocenters. The Labute approximate surface area is 150 Å². The van der Waals surface area contributed by atoms with Gasteiger partial charge in [-0.05, 0) is 31.9 Å². The van der Waals surface area contributed by atoms with Gasteiger partial charge in [-0.1, -0.05) is 43.2 Å². The number of aryl methyl sites for hydroxylation is 2. The van der Waals surface area contributed by atoms with Gasteiger partial charge in [0.15, 0.2) is 0 Å². The van der Waals surface area contributed by atoms with E-state index < -0.39 is 0 Å². The zero-order valence-corrected chi connectivity index (χ0v) is 15.5. The van der Waals surface area contributed by atoms with Crippen LogP contribution in [-0.4, -0.2) is 52.1 Å². The summed E-state index contributed by atoms with van der Waals surface area (Å²) in [5.41, 5.74) is 4.20. The topological polar surface area (TPSA) is 52.2 Å². The van der Waals surface area contributed by atoms with Crippen LogP contribution >= 0.6 is 0 Å². The van der Waals surface area contributed by atoms with Crippen molar-refractivity contribution < 1.29 is 4.79 Å². The van der Waals surface area contributed by atoms with Crippen LogP contribution in [0.5, 0.6) is 0 Å². The Kier molecular flexibility index (Phi) is 5.53. The van der Waals surface area contributed by atoms with E-state index in [4.69, 9.17) is 0 Å². The van der Waals surface area contributed by atoms with Gasteiger partial charge >= 0.3 is 0 Å². The molecule has 1 aromatic carbocycles. The first kappa shape index (κ1) is 17.7. The molecule has 1 aromatic heterocycles. The Morgan fingerprint density at radius 3 is 2.52 bits per heavy atom. The summed E-state index contributed by atoms with van der Waals surface area (Å²) in [5.74, 6) is 0.0428. The van der Waals surface area contributed by atoms with E-state index in [-0.39, 0.29) is 5.91 Å². The summed E-state index contributed by atoms with van der Waals surface area (Å²) < 4.78 is 0. The number of aromatic nitrogens is 2. The van der Waals surface area contributed by atoms with Crippen LogP contribution in [0.25, 0.3) is 0 Å². The number of benzene rings is 1. The van der Waals surface area contributed by atoms with Crippen molar-refractivity contribution in [1.82, 2.24) is 20.0 Å². The third-order valence-electron chi connectivity index (χ3n) is 5.08. The molecule has 1 unspecified atom stereocenters. The summed E-state index contributed by atoms with van der Waals surface area (Å²) in [4.78, 5) is 17.0. The van der Waals surface area contributed by atoms with Gasteiger partial charge in [0, 0.05) is 37.9 Å². The lowest BCUT2D eigenvalue weighted by Gasteiger charge is -2.38. The number of aromatic amines is 1. The van der Waals surface area contributed by atoms with Crippen LogP contribution in [0.1, 0.15) is 53.6 Å². The Morgan fingerprint density at radius 1 is 1.20 bits per heavy atom. The van der Waals surface area contributed by atoms with E-state index in [0.717, 1.165) is 44.7 Å². The molecule has 3 rings (SSSR count). The van der Waals surface area contributed by atoms with Gasteiger partial charge < -0.3 is 4.90 Å². The van der Waals surface area contributed by atoms with Crippen molar-refractivity contribution in [3.63, 3.8) is 0 Å². The molecule has 0 spiro atoms. The number of carbonyl (C=O) groups is 1. The number of hydrogen-bond donors (Lipinski definition) is 1. The van der Waals surface area contributed by atoms with Crippen molar-refractivity contribution in [2.24, 2.45) is 0 Å². The largest absolute Gasteiger partial charge is 0.335 e. The lowest BCUT2D eigenvalue weighted by molar-refractivity contribution is 0.0576. The molecule has 0 aliphatic carbocycles. The van der Waals surface area contributed by atoms with Crippen molar-refractivity contribution >= 4 is 5.91 Å². The molecule has 0 radical (unpaired) electrons. The first-order valence-electron chi connectivity index (χ1n) is 9.22. The van der Waals surface area contributed by atoms with E-state index in [1.807, 2.05) is 11.0 Å². The van der Waals surface area contributed by atoms with Crippen molar-refractivity contribution in [1.29, 1.82) is 0 Å². The highest BCUT2D eigenvalue weighted by Crippen LogP contribution is 2.22. The Balaban J connectivity index is 1.57. The number of amides is 1. The SMILES string of the molecule is CCCc1cc(C(=O)N2CCN(C(C)c3ccc(C)cc3)CC2)n[nH]1. The molecule has 5 heteroatoms. The number of piperazine rings is 1. The van der Waals surface area contributed by atoms with Crippen molar-refractivity contribution in [2.75, 3.05) is 26.2 Å². The molecule has 1 amide bonds. The molecule has 1 N–H and O–H groups in total. The van der Waals surface area contributed by atoms with Gasteiger partial charge in [0.05, 0.1) is 0 Å². The van der Waals surface area contributed by atoms with E-state index in [0.29, 0.717) is 11.7 Å². The zero-order valence-electron chi connectivity index (χ0n) is 15.5. The van der Waals surface area contributed by atoms with Gasteiger partial charge in [0.1, 0.15) is 5.69 Å². The summed E-state index contributed by atoms with van der Waals surface area (Å²) in [6.07, 6.45) is 1.98. The summed E-state index contributed by atoms with van der Waals surface area (Å²) in [6.45, 7) is 9.78. The predicted octanol–water partition coefficient (Wildman–Crippen LogP) is 3.19. The molecule has 25 heavy (non-hydrogen) atoms. The fourth-order valence-electron chi connectivity index (χ4n) is 3.40. The molecule has 1 fully saturated rings. The lowest BCUT2D eigenvalue weighted by atomic mass is 10.0. The Hall–Kier alpha value is -2.14. The van der Waals surface area contributed by atoms with Gasteiger partial charge in [-0.2, -0.15) is 5.10 Å². The third kappa shape index (κ3) is 4.10. The van der Waals surface area contributed by atoms with E-state index >= 15 is 0 Å². The van der Waals surface area contributed by atoms with Crippen LogP contribution in [0.2, 0.25) is 0 Å². The molecular weight excluding hydrogens is 312 g/mol. The minimum Gasteiger partial charge on any atom is -0.335 e. The number of carbonyl (C=O) groups excluding carboxylic acids is 1. The van der Waals surface area contributed by atoms with Gasteiger partial charge in [-0.15, -0.1) is 0 Å². The van der Waals surface area contributed by atoms with Crippen LogP contribution < -0.4 is 0 Å². The quantitative estimate of drug-likeness (QED) is 0.909. The van der Waals surface area contributed by atoms with Gasteiger partial charge in [0.25, 0.3) is 5.91 Å². The van der Waals surface area contributed by atoms with Crippen LogP contribution in [0, 0.1) is 6.92 Å². The van der Waals surface area contributed by atoms with E-state index in [2.05, 4.69) is 60.1 Å². The number of hydrogen-bond acceptors (Lipinski definition) is 3. The van der Waals surface area contributed by atoms with Crippen LogP contribution in [0.15, 0.2) is 30.3 Å². The first-order valence-corrected chi connectivity index (χ1v) is 9.22. The summed E-state index contributed by atoms with van der Waals surface area (Å²) in [7, 11) is 0. The van der Waals surface area contributed by atoms with E-state index in [9.17, 15) is 4.79 Å². The summed E-state index contributed by atoms with van der Waals surface area (Å²) in [6, 6.07) is 11.0. The fraction of sp³-hybridized carbons (Fsp3) is 0.500. The van der Waals surface area contributed by atoms with Crippen LogP contribution in [0.3, 0.4) is 0 Å². The number of nitrogens with zero attached hydrogens (tertiary/aromatic N) is 3. The minimum atomic E-state index is 0.0428. The highest BCUT2D eigenvalue weighted by molar-refractivity contribution is 5.92. The van der Waals surface area contributed by atoms with Gasteiger partial charge in [-0.25, -0.2) is 0 Å². The number of nitrogens with one attached hydrogen (secondary N) is 1. The fourth-order valence-corrected chi connectivity index (χ4v) is 3.40. The molecule has 2 heterocycles. The van der Waals surface area contributed by atoms with Crippen LogP contribution in [-0.2, 0) is 6.42 Å². The zero-order chi connectivity index (χ0) is 17.8. The minimum absolute atomic E-state index is 0.0428. The van der Waals surface area contributed by atoms with Crippen LogP contribution in [0.4, 0.5) is 0 Å². The predicted molar refractivity (Wildman–Crippen MR) is 99.7 cm³/mol. The Bertz CT molecular complexity index is 699. The number of rotatable bonds is 5. The Morgan fingerprint density at radius 2 is 1.88 bits per heavy atom. The highest BCUT2D eigenvalue weighted by Gasteiger charge is 2.26. The average molecular weight is 340 g/mol. The summed E-state index contributed by atoms with van der Waals surface area (Å²) in [5, 5.41) is 7.16. The monoisotopic (exact) mass is 340 g/mol. The first-order chi connectivity index (χ1) is 12.1. The molecule has 5 nitrogen and oxygen atoms in total. The normalized spacial score (nSPS) is 16.8. The molecule has 134 valence electrons. The maximum Gasteiger partial charge on any atom is 0.274 e. The maximum atomic E-state index is 12.6. The second kappa shape index (κ2) is 7.83. The standard InChI is InChI=1S/C20H28N4O/c1-4-5-18-14-19(22-21-18)20(25)24-12-10-23(11-13-24)16(3)17-8-6-15(2)7-9-17/h6-9,14,16H,4-5,10-13H2,1-3H3,(H,21,22). The second-order valence-electron chi connectivity index (χ2n) is 6.94. The molecule has 2 aromatic rings. The van der Waals surface area contributed by atoms with E-state index in [1.165, 1.54) is 11.1 Å². The van der Waals surface area contributed by atoms with Gasteiger partial charge in [-0.3, -0.25) is 14.8 Å². The molecule has 1 aliphatic rings. The van der Waals surface area contributed by atoms with Gasteiger partial charge in [0.2, 0.25) is 0 Å². The lowest BCUT2D eigenvalue weighted by Crippen LogP contribution is -2.49. The third-order valence-corrected chi connectivity index (χ3v) is 5.08. The second-order valence-corrected chi connectivity index (χ2v) is 6.94.